The number of benzene rings is 2. The van der Waals surface area contributed by atoms with Gasteiger partial charge in [0.15, 0.2) is 0 Å². The zero-order valence-electron chi connectivity index (χ0n) is 12.2. The molecule has 0 unspecified atom stereocenters. The van der Waals surface area contributed by atoms with Crippen LogP contribution in [0.2, 0.25) is 5.02 Å². The molecule has 2 aromatic carbocycles. The van der Waals surface area contributed by atoms with Gasteiger partial charge in [-0.3, -0.25) is 4.79 Å². The number of carbonyl (C=O) groups is 1. The number of hydrogen-bond acceptors (Lipinski definition) is 5. The summed E-state index contributed by atoms with van der Waals surface area (Å²) < 4.78 is 24.0. The number of rotatable bonds is 4. The largest absolute Gasteiger partial charge is 0.506 e. The van der Waals surface area contributed by atoms with Gasteiger partial charge in [-0.05, 0) is 46.3 Å². The number of nitrogens with zero attached hydrogens (tertiary/aromatic N) is 1. The molecule has 4 N–H and O–H groups in total. The number of phenolic OH excluding ortho intramolecular Hbond substituents is 1. The van der Waals surface area contributed by atoms with Crippen LogP contribution in [0.1, 0.15) is 15.9 Å². The van der Waals surface area contributed by atoms with E-state index >= 15 is 0 Å². The van der Waals surface area contributed by atoms with Crippen LogP contribution in [0, 0.1) is 0 Å². The maximum absolute atomic E-state index is 12.1. The van der Waals surface area contributed by atoms with Crippen LogP contribution in [0.15, 0.2) is 49.3 Å². The predicted molar refractivity (Wildman–Crippen MR) is 101 cm³/mol. The van der Waals surface area contributed by atoms with Crippen LogP contribution in [-0.2, 0) is 10.0 Å². The lowest BCUT2D eigenvalue weighted by atomic mass is 10.2. The monoisotopic (exact) mass is 509 g/mol. The van der Waals surface area contributed by atoms with Crippen molar-refractivity contribution in [1.29, 1.82) is 0 Å². The first kappa shape index (κ1) is 19.9. The van der Waals surface area contributed by atoms with Crippen molar-refractivity contribution in [3.63, 3.8) is 0 Å². The van der Waals surface area contributed by atoms with Crippen LogP contribution in [0.4, 0.5) is 0 Å². The fourth-order valence-corrected chi connectivity index (χ4v) is 4.10. The molecule has 11 heteroatoms. The third kappa shape index (κ3) is 5.02. The Kier molecular flexibility index (Phi) is 6.22. The van der Waals surface area contributed by atoms with Crippen molar-refractivity contribution >= 4 is 65.6 Å². The molecular formula is C14H10Br2ClN3O4S. The Labute approximate surface area is 165 Å². The van der Waals surface area contributed by atoms with Crippen LogP contribution in [0.5, 0.6) is 5.75 Å². The van der Waals surface area contributed by atoms with E-state index in [-0.39, 0.29) is 21.2 Å². The van der Waals surface area contributed by atoms with Crippen LogP contribution >= 0.6 is 43.5 Å². The number of halogens is 3. The molecule has 2 rings (SSSR count). The van der Waals surface area contributed by atoms with Crippen LogP contribution in [-0.4, -0.2) is 25.6 Å². The highest BCUT2D eigenvalue weighted by Crippen LogP contribution is 2.30. The summed E-state index contributed by atoms with van der Waals surface area (Å²) >= 11 is 12.2. The quantitative estimate of drug-likeness (QED) is 0.432. The number of amides is 1. The Morgan fingerprint density at radius 3 is 2.60 bits per heavy atom. The van der Waals surface area contributed by atoms with Gasteiger partial charge in [0, 0.05) is 15.6 Å². The number of carbonyl (C=O) groups excluding carboxylic acids is 1. The maximum Gasteiger partial charge on any atom is 0.271 e. The molecule has 1 amide bonds. The van der Waals surface area contributed by atoms with Gasteiger partial charge >= 0.3 is 0 Å². The van der Waals surface area contributed by atoms with Gasteiger partial charge in [-0.1, -0.05) is 27.5 Å². The third-order valence-corrected chi connectivity index (χ3v) is 5.38. The number of nitrogens with two attached hydrogens (primary N) is 1. The molecule has 0 fully saturated rings. The highest BCUT2D eigenvalue weighted by molar-refractivity contribution is 9.11. The zero-order chi connectivity index (χ0) is 18.8. The summed E-state index contributed by atoms with van der Waals surface area (Å²) in [6.07, 6.45) is 1.24. The molecule has 0 saturated carbocycles. The molecule has 0 saturated heterocycles. The molecule has 0 aliphatic heterocycles. The Bertz CT molecular complexity index is 980. The van der Waals surface area contributed by atoms with Gasteiger partial charge in [0.05, 0.1) is 15.7 Å². The van der Waals surface area contributed by atoms with Crippen LogP contribution in [0.3, 0.4) is 0 Å². The fourth-order valence-electron chi connectivity index (χ4n) is 1.77. The van der Waals surface area contributed by atoms with Crippen LogP contribution in [0.25, 0.3) is 0 Å². The Morgan fingerprint density at radius 2 is 1.96 bits per heavy atom. The highest BCUT2D eigenvalue weighted by atomic mass is 79.9. The minimum Gasteiger partial charge on any atom is -0.506 e. The number of nitrogens with one attached hydrogen (secondary N) is 1. The second-order valence-corrected chi connectivity index (χ2v) is 8.42. The van der Waals surface area contributed by atoms with E-state index in [0.717, 1.165) is 6.07 Å². The van der Waals surface area contributed by atoms with Gasteiger partial charge < -0.3 is 5.11 Å². The van der Waals surface area contributed by atoms with E-state index in [1.54, 1.807) is 12.1 Å². The Morgan fingerprint density at radius 1 is 1.28 bits per heavy atom. The van der Waals surface area contributed by atoms with Crippen LogP contribution < -0.4 is 10.6 Å². The first-order valence-electron chi connectivity index (χ1n) is 6.43. The second-order valence-electron chi connectivity index (χ2n) is 4.71. The summed E-state index contributed by atoms with van der Waals surface area (Å²) in [5.41, 5.74) is 2.58. The van der Waals surface area contributed by atoms with Gasteiger partial charge in [0.25, 0.3) is 5.91 Å². The molecule has 7 nitrogen and oxygen atoms in total. The van der Waals surface area contributed by atoms with E-state index in [9.17, 15) is 18.3 Å². The first-order valence-corrected chi connectivity index (χ1v) is 9.94. The normalized spacial score (nSPS) is 11.7. The molecule has 25 heavy (non-hydrogen) atoms. The van der Waals surface area contributed by atoms with Crippen molar-refractivity contribution in [3.8, 4) is 5.75 Å². The van der Waals surface area contributed by atoms with Gasteiger partial charge in [0.2, 0.25) is 10.0 Å². The smallest absolute Gasteiger partial charge is 0.271 e. The van der Waals surface area contributed by atoms with Crippen molar-refractivity contribution < 1.29 is 18.3 Å². The molecule has 0 spiro atoms. The average Bonchev–Trinajstić information content (AvgIpc) is 2.51. The zero-order valence-corrected chi connectivity index (χ0v) is 16.9. The Balaban J connectivity index is 2.21. The molecule has 0 aromatic heterocycles. The summed E-state index contributed by atoms with van der Waals surface area (Å²) in [4.78, 5) is 11.7. The third-order valence-electron chi connectivity index (χ3n) is 2.93. The van der Waals surface area contributed by atoms with Crippen molar-refractivity contribution in [2.24, 2.45) is 10.2 Å². The van der Waals surface area contributed by atoms with Crippen molar-refractivity contribution in [2.75, 3.05) is 0 Å². The van der Waals surface area contributed by atoms with E-state index in [1.807, 2.05) is 0 Å². The number of sulfonamides is 1. The minimum atomic E-state index is -4.06. The summed E-state index contributed by atoms with van der Waals surface area (Å²) in [6, 6.07) is 6.87. The van der Waals surface area contributed by atoms with Crippen molar-refractivity contribution in [3.05, 3.63) is 55.4 Å². The molecule has 0 radical (unpaired) electrons. The van der Waals surface area contributed by atoms with E-state index in [4.69, 9.17) is 16.7 Å². The molecule has 0 atom stereocenters. The molecule has 132 valence electrons. The minimum absolute atomic E-state index is 0.00483. The number of phenols is 1. The summed E-state index contributed by atoms with van der Waals surface area (Å²) in [7, 11) is -4.06. The van der Waals surface area contributed by atoms with E-state index < -0.39 is 15.9 Å². The average molecular weight is 512 g/mol. The summed E-state index contributed by atoms with van der Waals surface area (Å²) in [6.45, 7) is 0. The van der Waals surface area contributed by atoms with Gasteiger partial charge in [-0.25, -0.2) is 19.0 Å². The summed E-state index contributed by atoms with van der Waals surface area (Å²) in [5.74, 6) is -0.726. The molecule has 0 bridgehead atoms. The molecule has 0 aliphatic rings. The Hall–Kier alpha value is -1.46. The lowest BCUT2D eigenvalue weighted by molar-refractivity contribution is 0.0955. The predicted octanol–water partition coefficient (Wildman–Crippen LogP) is 2.98. The molecular weight excluding hydrogens is 501 g/mol. The SMILES string of the molecule is NS(=O)(=O)c1cc(C(=O)N/N=C/c2cc(Br)cc(Br)c2O)ccc1Cl. The number of hydrazone groups is 1. The second kappa shape index (κ2) is 7.83. The lowest BCUT2D eigenvalue weighted by Gasteiger charge is -2.05. The van der Waals surface area contributed by atoms with E-state index in [1.165, 1.54) is 18.3 Å². The summed E-state index contributed by atoms with van der Waals surface area (Å²) in [5, 5.41) is 18.6. The van der Waals surface area contributed by atoms with Gasteiger partial charge in [-0.15, -0.1) is 0 Å². The van der Waals surface area contributed by atoms with Gasteiger partial charge in [-0.2, -0.15) is 5.10 Å². The molecule has 2 aromatic rings. The number of hydrogen-bond donors (Lipinski definition) is 3. The van der Waals surface area contributed by atoms with Gasteiger partial charge in [0.1, 0.15) is 10.6 Å². The maximum atomic E-state index is 12.1. The van der Waals surface area contributed by atoms with Crippen molar-refractivity contribution in [1.82, 2.24) is 5.43 Å². The molecule has 0 heterocycles. The molecule has 0 aliphatic carbocycles. The van der Waals surface area contributed by atoms with E-state index in [0.29, 0.717) is 14.5 Å². The number of aromatic hydroxyl groups is 1. The topological polar surface area (TPSA) is 122 Å². The lowest BCUT2D eigenvalue weighted by Crippen LogP contribution is -2.19. The first-order chi connectivity index (χ1) is 11.6. The number of primary sulfonamides is 1. The highest BCUT2D eigenvalue weighted by Gasteiger charge is 2.16. The fraction of sp³-hybridized carbons (Fsp3) is 0. The van der Waals surface area contributed by atoms with Crippen molar-refractivity contribution in [2.45, 2.75) is 4.90 Å². The standard InChI is InChI=1S/C14H10Br2ClN3O4S/c15-9-3-8(13(21)10(16)5-9)6-19-20-14(22)7-1-2-11(17)12(4-7)25(18,23)24/h1-6,21H,(H,20,22)(H2,18,23,24)/b19-6+. The van der Waals surface area contributed by atoms with E-state index in [2.05, 4.69) is 42.4 Å².